The van der Waals surface area contributed by atoms with E-state index < -0.39 is 6.10 Å². The highest BCUT2D eigenvalue weighted by molar-refractivity contribution is 5.81. The summed E-state index contributed by atoms with van der Waals surface area (Å²) in [5.41, 5.74) is 1.19. The molecule has 0 aromatic heterocycles. The molecular weight excluding hydrogens is 252 g/mol. The lowest BCUT2D eigenvalue weighted by atomic mass is 10.1. The first kappa shape index (κ1) is 16.5. The van der Waals surface area contributed by atoms with Crippen molar-refractivity contribution in [1.29, 1.82) is 0 Å². The second-order valence-electron chi connectivity index (χ2n) is 4.96. The van der Waals surface area contributed by atoms with Crippen LogP contribution >= 0.6 is 0 Å². The van der Waals surface area contributed by atoms with Crippen LogP contribution in [0, 0.1) is 0 Å². The van der Waals surface area contributed by atoms with Gasteiger partial charge in [-0.2, -0.15) is 0 Å². The van der Waals surface area contributed by atoms with Crippen molar-refractivity contribution in [3.05, 3.63) is 29.8 Å². The average Bonchev–Trinajstić information content (AvgIpc) is 2.46. The Kier molecular flexibility index (Phi) is 7.09. The first-order chi connectivity index (χ1) is 9.60. The van der Waals surface area contributed by atoms with Crippen LogP contribution in [0.5, 0.6) is 5.75 Å². The fourth-order valence-electron chi connectivity index (χ4n) is 1.96. The van der Waals surface area contributed by atoms with Crippen molar-refractivity contribution in [2.24, 2.45) is 0 Å². The molecule has 112 valence electrons. The maximum Gasteiger partial charge on any atom is 0.260 e. The summed E-state index contributed by atoms with van der Waals surface area (Å²) in [5.74, 6) is 0.662. The van der Waals surface area contributed by atoms with E-state index in [0.717, 1.165) is 25.1 Å². The van der Waals surface area contributed by atoms with E-state index in [0.29, 0.717) is 0 Å². The molecule has 0 saturated carbocycles. The van der Waals surface area contributed by atoms with Gasteiger partial charge in [0.15, 0.2) is 6.10 Å². The minimum Gasteiger partial charge on any atom is -0.481 e. The summed E-state index contributed by atoms with van der Waals surface area (Å²) in [5, 5.41) is 6.09. The van der Waals surface area contributed by atoms with E-state index in [4.69, 9.17) is 4.74 Å². The van der Waals surface area contributed by atoms with Crippen molar-refractivity contribution in [2.45, 2.75) is 52.3 Å². The summed E-state index contributed by atoms with van der Waals surface area (Å²) in [6, 6.07) is 8.02. The van der Waals surface area contributed by atoms with Gasteiger partial charge in [0.05, 0.1) is 0 Å². The van der Waals surface area contributed by atoms with Crippen LogP contribution in [0.15, 0.2) is 24.3 Å². The minimum absolute atomic E-state index is 0.0574. The van der Waals surface area contributed by atoms with Crippen LogP contribution in [0.2, 0.25) is 0 Å². The van der Waals surface area contributed by atoms with Crippen molar-refractivity contribution >= 4 is 5.91 Å². The van der Waals surface area contributed by atoms with E-state index in [9.17, 15) is 4.79 Å². The molecule has 0 aliphatic heterocycles. The Morgan fingerprint density at radius 2 is 1.80 bits per heavy atom. The molecule has 1 atom stereocenters. The molecule has 0 heterocycles. The van der Waals surface area contributed by atoms with Gasteiger partial charge in [-0.05, 0) is 44.5 Å². The van der Waals surface area contributed by atoms with Gasteiger partial charge in [0, 0.05) is 12.6 Å². The molecule has 0 aliphatic rings. The van der Waals surface area contributed by atoms with E-state index in [-0.39, 0.29) is 11.9 Å². The molecule has 0 spiro atoms. The molecule has 0 fully saturated rings. The second-order valence-corrected chi connectivity index (χ2v) is 4.96. The summed E-state index contributed by atoms with van der Waals surface area (Å²) < 4.78 is 5.67. The Morgan fingerprint density at radius 1 is 1.20 bits per heavy atom. The zero-order chi connectivity index (χ0) is 15.0. The summed E-state index contributed by atoms with van der Waals surface area (Å²) in [4.78, 5) is 12.0. The number of hydrogen-bond donors (Lipinski definition) is 2. The predicted molar refractivity (Wildman–Crippen MR) is 81.8 cm³/mol. The standard InChI is InChI=1S/C16H26N2O2/c1-5-14(6-2)18-16(19)12(3)20-15-9-7-13(8-10-15)11-17-4/h7-10,12,14,17H,5-6,11H2,1-4H3,(H,18,19). The number of ether oxygens (including phenoxy) is 1. The average molecular weight is 278 g/mol. The molecule has 0 aliphatic carbocycles. The molecule has 1 rings (SSSR count). The van der Waals surface area contributed by atoms with Crippen LogP contribution in [0.25, 0.3) is 0 Å². The maximum atomic E-state index is 12.0. The Labute approximate surface area is 121 Å². The fourth-order valence-corrected chi connectivity index (χ4v) is 1.96. The lowest BCUT2D eigenvalue weighted by molar-refractivity contribution is -0.128. The second kappa shape index (κ2) is 8.59. The third kappa shape index (κ3) is 5.21. The largest absolute Gasteiger partial charge is 0.481 e. The normalized spacial score (nSPS) is 12.2. The number of nitrogens with one attached hydrogen (secondary N) is 2. The molecule has 1 aromatic carbocycles. The number of carbonyl (C=O) groups excluding carboxylic acids is 1. The molecule has 0 saturated heterocycles. The quantitative estimate of drug-likeness (QED) is 0.768. The molecule has 1 unspecified atom stereocenters. The molecule has 0 bridgehead atoms. The van der Waals surface area contributed by atoms with Crippen LogP contribution in [0.3, 0.4) is 0 Å². The zero-order valence-electron chi connectivity index (χ0n) is 12.9. The zero-order valence-corrected chi connectivity index (χ0v) is 12.9. The van der Waals surface area contributed by atoms with Crippen LogP contribution in [-0.4, -0.2) is 25.1 Å². The maximum absolute atomic E-state index is 12.0. The van der Waals surface area contributed by atoms with Gasteiger partial charge in [-0.3, -0.25) is 4.79 Å². The molecule has 20 heavy (non-hydrogen) atoms. The van der Waals surface area contributed by atoms with E-state index >= 15 is 0 Å². The number of carbonyl (C=O) groups is 1. The lowest BCUT2D eigenvalue weighted by Crippen LogP contribution is -2.42. The van der Waals surface area contributed by atoms with E-state index in [1.807, 2.05) is 31.3 Å². The van der Waals surface area contributed by atoms with Crippen LogP contribution in [-0.2, 0) is 11.3 Å². The highest BCUT2D eigenvalue weighted by Crippen LogP contribution is 2.14. The highest BCUT2D eigenvalue weighted by Gasteiger charge is 2.17. The van der Waals surface area contributed by atoms with Crippen molar-refractivity contribution in [1.82, 2.24) is 10.6 Å². The first-order valence-corrected chi connectivity index (χ1v) is 7.31. The van der Waals surface area contributed by atoms with E-state index in [1.54, 1.807) is 6.92 Å². The van der Waals surface area contributed by atoms with Gasteiger partial charge in [-0.15, -0.1) is 0 Å². The topological polar surface area (TPSA) is 50.4 Å². The molecule has 0 radical (unpaired) electrons. The minimum atomic E-state index is -0.481. The summed E-state index contributed by atoms with van der Waals surface area (Å²) in [6.45, 7) is 6.74. The first-order valence-electron chi connectivity index (χ1n) is 7.31. The van der Waals surface area contributed by atoms with Crippen molar-refractivity contribution < 1.29 is 9.53 Å². The van der Waals surface area contributed by atoms with Gasteiger partial charge >= 0.3 is 0 Å². The van der Waals surface area contributed by atoms with Gasteiger partial charge in [-0.1, -0.05) is 26.0 Å². The number of benzene rings is 1. The van der Waals surface area contributed by atoms with Gasteiger partial charge in [0.2, 0.25) is 0 Å². The van der Waals surface area contributed by atoms with E-state index in [2.05, 4.69) is 24.5 Å². The molecule has 1 amide bonds. The van der Waals surface area contributed by atoms with Crippen molar-refractivity contribution in [3.63, 3.8) is 0 Å². The van der Waals surface area contributed by atoms with Crippen molar-refractivity contribution in [3.8, 4) is 5.75 Å². The van der Waals surface area contributed by atoms with Crippen LogP contribution in [0.4, 0.5) is 0 Å². The molecule has 4 heteroatoms. The van der Waals surface area contributed by atoms with Gasteiger partial charge < -0.3 is 15.4 Å². The van der Waals surface area contributed by atoms with Crippen LogP contribution < -0.4 is 15.4 Å². The summed E-state index contributed by atoms with van der Waals surface area (Å²) in [6.07, 6.45) is 1.40. The van der Waals surface area contributed by atoms with Crippen LogP contribution in [0.1, 0.15) is 39.2 Å². The van der Waals surface area contributed by atoms with E-state index in [1.165, 1.54) is 5.56 Å². The Bertz CT molecular complexity index is 399. The highest BCUT2D eigenvalue weighted by atomic mass is 16.5. The van der Waals surface area contributed by atoms with Gasteiger partial charge in [-0.25, -0.2) is 0 Å². The molecule has 4 nitrogen and oxygen atoms in total. The number of hydrogen-bond acceptors (Lipinski definition) is 3. The number of rotatable bonds is 8. The fraction of sp³-hybridized carbons (Fsp3) is 0.562. The SMILES string of the molecule is CCC(CC)NC(=O)C(C)Oc1ccc(CNC)cc1. The Balaban J connectivity index is 2.52. The third-order valence-electron chi connectivity index (χ3n) is 3.32. The van der Waals surface area contributed by atoms with Gasteiger partial charge in [0.25, 0.3) is 5.91 Å². The summed E-state index contributed by atoms with van der Waals surface area (Å²) in [7, 11) is 1.91. The predicted octanol–water partition coefficient (Wildman–Crippen LogP) is 2.48. The Morgan fingerprint density at radius 3 is 2.30 bits per heavy atom. The number of amides is 1. The van der Waals surface area contributed by atoms with Crippen molar-refractivity contribution in [2.75, 3.05) is 7.05 Å². The molecular formula is C16H26N2O2. The Hall–Kier alpha value is -1.55. The van der Waals surface area contributed by atoms with Gasteiger partial charge in [0.1, 0.15) is 5.75 Å². The summed E-state index contributed by atoms with van der Waals surface area (Å²) >= 11 is 0. The smallest absolute Gasteiger partial charge is 0.260 e. The lowest BCUT2D eigenvalue weighted by Gasteiger charge is -2.19. The monoisotopic (exact) mass is 278 g/mol. The molecule has 1 aromatic rings. The molecule has 2 N–H and O–H groups in total. The third-order valence-corrected chi connectivity index (χ3v) is 3.32.